The number of para-hydroxylation sites is 1. The highest BCUT2D eigenvalue weighted by Gasteiger charge is 2.35. The van der Waals surface area contributed by atoms with Crippen LogP contribution < -0.4 is 10.1 Å². The Morgan fingerprint density at radius 1 is 1.35 bits per heavy atom. The average molecular weight is 275 g/mol. The molecule has 0 bridgehead atoms. The van der Waals surface area contributed by atoms with Gasteiger partial charge in [0.25, 0.3) is 0 Å². The third-order valence-electron chi connectivity index (χ3n) is 4.47. The van der Waals surface area contributed by atoms with Crippen LogP contribution in [0.2, 0.25) is 0 Å². The molecule has 2 aliphatic heterocycles. The van der Waals surface area contributed by atoms with Crippen molar-refractivity contribution < 1.29 is 9.47 Å². The maximum atomic E-state index is 6.02. The zero-order valence-corrected chi connectivity index (χ0v) is 12.5. The van der Waals surface area contributed by atoms with E-state index in [2.05, 4.69) is 37.4 Å². The smallest absolute Gasteiger partial charge is 0.127 e. The van der Waals surface area contributed by atoms with E-state index < -0.39 is 0 Å². The number of hydrogen-bond donors (Lipinski definition) is 1. The van der Waals surface area contributed by atoms with Crippen molar-refractivity contribution in [2.24, 2.45) is 5.92 Å². The van der Waals surface area contributed by atoms with Crippen molar-refractivity contribution in [1.29, 1.82) is 0 Å². The van der Waals surface area contributed by atoms with E-state index in [0.29, 0.717) is 5.92 Å². The molecule has 110 valence electrons. The van der Waals surface area contributed by atoms with Gasteiger partial charge < -0.3 is 14.8 Å². The average Bonchev–Trinajstić information content (AvgIpc) is 3.09. The molecule has 2 aliphatic rings. The lowest BCUT2D eigenvalue weighted by Gasteiger charge is -2.28. The molecule has 1 aromatic carbocycles. The van der Waals surface area contributed by atoms with Gasteiger partial charge in [0.2, 0.25) is 0 Å². The molecule has 0 amide bonds. The first-order chi connectivity index (χ1) is 9.81. The van der Waals surface area contributed by atoms with Gasteiger partial charge in [-0.2, -0.15) is 0 Å². The Morgan fingerprint density at radius 3 is 3.00 bits per heavy atom. The highest BCUT2D eigenvalue weighted by atomic mass is 16.5. The number of fused-ring (bicyclic) bond motifs is 1. The summed E-state index contributed by atoms with van der Waals surface area (Å²) in [6.07, 6.45) is 3.58. The van der Waals surface area contributed by atoms with Gasteiger partial charge in [0, 0.05) is 18.6 Å². The Balaban J connectivity index is 1.90. The molecule has 20 heavy (non-hydrogen) atoms. The molecular formula is C17H25NO2. The zero-order chi connectivity index (χ0) is 13.9. The largest absolute Gasteiger partial charge is 0.493 e. The normalized spacial score (nSPS) is 26.3. The van der Waals surface area contributed by atoms with E-state index in [1.54, 1.807) is 0 Å². The van der Waals surface area contributed by atoms with Crippen molar-refractivity contribution in [3.8, 4) is 5.75 Å². The molecule has 1 aromatic rings. The van der Waals surface area contributed by atoms with E-state index in [1.165, 1.54) is 11.1 Å². The maximum absolute atomic E-state index is 6.02. The van der Waals surface area contributed by atoms with Crippen LogP contribution in [-0.2, 0) is 11.2 Å². The fourth-order valence-electron chi connectivity index (χ4n) is 3.33. The number of benzene rings is 1. The van der Waals surface area contributed by atoms with Gasteiger partial charge in [0.05, 0.1) is 18.8 Å². The van der Waals surface area contributed by atoms with Crippen molar-refractivity contribution >= 4 is 0 Å². The van der Waals surface area contributed by atoms with Crippen LogP contribution >= 0.6 is 0 Å². The molecule has 0 saturated carbocycles. The van der Waals surface area contributed by atoms with Crippen molar-refractivity contribution in [2.45, 2.75) is 45.3 Å². The zero-order valence-electron chi connectivity index (χ0n) is 12.5. The van der Waals surface area contributed by atoms with Crippen LogP contribution in [0.15, 0.2) is 18.2 Å². The Labute approximate surface area is 121 Å². The molecule has 1 saturated heterocycles. The minimum atomic E-state index is 0.250. The summed E-state index contributed by atoms with van der Waals surface area (Å²) in [5.41, 5.74) is 2.63. The molecule has 1 fully saturated rings. The van der Waals surface area contributed by atoms with Crippen LogP contribution in [0, 0.1) is 5.92 Å². The molecule has 0 aliphatic carbocycles. The van der Waals surface area contributed by atoms with Crippen LogP contribution in [0.5, 0.6) is 5.75 Å². The molecule has 1 N–H and O–H groups in total. The fourth-order valence-corrected chi connectivity index (χ4v) is 3.33. The van der Waals surface area contributed by atoms with Crippen molar-refractivity contribution in [2.75, 3.05) is 19.8 Å². The summed E-state index contributed by atoms with van der Waals surface area (Å²) in [5, 5.41) is 3.68. The number of rotatable bonds is 5. The first-order valence-electron chi connectivity index (χ1n) is 7.91. The standard InChI is InChI=1S/C17H25NO2/c1-3-9-18-15(16-12(2)7-10-19-16)14-6-4-5-13-8-11-20-17(13)14/h4-6,12,15-16,18H,3,7-11H2,1-2H3. The minimum Gasteiger partial charge on any atom is -0.493 e. The number of hydrogen-bond acceptors (Lipinski definition) is 3. The monoisotopic (exact) mass is 275 g/mol. The molecule has 0 aromatic heterocycles. The van der Waals surface area contributed by atoms with E-state index in [9.17, 15) is 0 Å². The molecule has 3 atom stereocenters. The molecule has 3 nitrogen and oxygen atoms in total. The summed E-state index contributed by atoms with van der Waals surface area (Å²) in [4.78, 5) is 0. The third kappa shape index (κ3) is 2.57. The van der Waals surface area contributed by atoms with Crippen LogP contribution in [-0.4, -0.2) is 25.9 Å². The Bertz CT molecular complexity index is 460. The lowest BCUT2D eigenvalue weighted by Crippen LogP contribution is -2.35. The van der Waals surface area contributed by atoms with Crippen LogP contribution in [0.1, 0.15) is 43.9 Å². The lowest BCUT2D eigenvalue weighted by atomic mass is 9.91. The molecule has 0 spiro atoms. The quantitative estimate of drug-likeness (QED) is 0.895. The van der Waals surface area contributed by atoms with Crippen LogP contribution in [0.25, 0.3) is 0 Å². The van der Waals surface area contributed by atoms with Crippen molar-refractivity contribution in [3.05, 3.63) is 29.3 Å². The first-order valence-corrected chi connectivity index (χ1v) is 7.91. The van der Waals surface area contributed by atoms with Gasteiger partial charge in [0.1, 0.15) is 5.75 Å². The van der Waals surface area contributed by atoms with Gasteiger partial charge >= 0.3 is 0 Å². The van der Waals surface area contributed by atoms with Gasteiger partial charge in [-0.15, -0.1) is 0 Å². The highest BCUT2D eigenvalue weighted by molar-refractivity contribution is 5.46. The lowest BCUT2D eigenvalue weighted by molar-refractivity contribution is 0.0599. The SMILES string of the molecule is CCCNC(c1cccc2c1OCC2)C1OCCC1C. The van der Waals surface area contributed by atoms with Gasteiger partial charge in [-0.3, -0.25) is 0 Å². The Morgan fingerprint density at radius 2 is 2.25 bits per heavy atom. The summed E-state index contributed by atoms with van der Waals surface area (Å²) >= 11 is 0. The fraction of sp³-hybridized carbons (Fsp3) is 0.647. The van der Waals surface area contributed by atoms with Gasteiger partial charge in [0.15, 0.2) is 0 Å². The van der Waals surface area contributed by atoms with Crippen LogP contribution in [0.3, 0.4) is 0 Å². The first kappa shape index (κ1) is 13.9. The van der Waals surface area contributed by atoms with Gasteiger partial charge in [-0.25, -0.2) is 0 Å². The second kappa shape index (κ2) is 6.15. The Kier molecular flexibility index (Phi) is 4.27. The van der Waals surface area contributed by atoms with Gasteiger partial charge in [-0.1, -0.05) is 32.0 Å². The van der Waals surface area contributed by atoms with Gasteiger partial charge in [-0.05, 0) is 30.9 Å². The highest BCUT2D eigenvalue weighted by Crippen LogP contribution is 2.39. The van der Waals surface area contributed by atoms with E-state index in [0.717, 1.165) is 44.8 Å². The van der Waals surface area contributed by atoms with Crippen LogP contribution in [0.4, 0.5) is 0 Å². The second-order valence-corrected chi connectivity index (χ2v) is 5.97. The van der Waals surface area contributed by atoms with E-state index in [1.807, 2.05) is 0 Å². The molecule has 2 heterocycles. The van der Waals surface area contributed by atoms with E-state index >= 15 is 0 Å². The second-order valence-electron chi connectivity index (χ2n) is 5.97. The summed E-state index contributed by atoms with van der Waals surface area (Å²) in [6.45, 7) is 7.21. The van der Waals surface area contributed by atoms with Crippen molar-refractivity contribution in [1.82, 2.24) is 5.32 Å². The molecular weight excluding hydrogens is 250 g/mol. The van der Waals surface area contributed by atoms with E-state index in [4.69, 9.17) is 9.47 Å². The summed E-state index contributed by atoms with van der Waals surface area (Å²) in [5.74, 6) is 1.70. The summed E-state index contributed by atoms with van der Waals surface area (Å²) in [6, 6.07) is 6.79. The topological polar surface area (TPSA) is 30.5 Å². The summed E-state index contributed by atoms with van der Waals surface area (Å²) in [7, 11) is 0. The molecule has 0 radical (unpaired) electrons. The van der Waals surface area contributed by atoms with Crippen molar-refractivity contribution in [3.63, 3.8) is 0 Å². The predicted molar refractivity (Wildman–Crippen MR) is 80.2 cm³/mol. The van der Waals surface area contributed by atoms with E-state index in [-0.39, 0.29) is 12.1 Å². The number of nitrogens with one attached hydrogen (secondary N) is 1. The Hall–Kier alpha value is -1.06. The maximum Gasteiger partial charge on any atom is 0.127 e. The molecule has 3 rings (SSSR count). The third-order valence-corrected chi connectivity index (χ3v) is 4.47. The molecule has 3 unspecified atom stereocenters. The number of ether oxygens (including phenoxy) is 2. The predicted octanol–water partition coefficient (Wildman–Crippen LogP) is 3.09. The summed E-state index contributed by atoms with van der Waals surface area (Å²) < 4.78 is 11.9. The molecule has 3 heteroatoms. The minimum absolute atomic E-state index is 0.250.